The maximum absolute atomic E-state index is 13.6. The van der Waals surface area contributed by atoms with Crippen molar-refractivity contribution in [2.24, 2.45) is 9.98 Å². The number of Topliss-reactive ketones (excluding diaryl/α,β-unsaturated/α-hetero) is 6. The lowest BCUT2D eigenvalue weighted by molar-refractivity contribution is -0.111. The third-order valence-electron chi connectivity index (χ3n) is 24.2. The molecular weight excluding hydrogens is 1890 g/mol. The fourth-order valence-electron chi connectivity index (χ4n) is 18.6. The van der Waals surface area contributed by atoms with E-state index in [1.165, 1.54) is 82.0 Å². The number of hydrogen-bond acceptors (Lipinski definition) is 20. The molecule has 8 heterocycles. The molecule has 2 spiro atoms. The second kappa shape index (κ2) is 39.6. The Morgan fingerprint density at radius 3 is 0.905 bits per heavy atom. The Labute approximate surface area is 817 Å². The molecule has 8 aromatic heterocycles. The molecule has 0 bridgehead atoms. The number of fused-ring (bicyclic) bond motifs is 17. The fraction of sp³-hybridized carbons (Fsp3) is 0.215. The summed E-state index contributed by atoms with van der Waals surface area (Å²) in [7, 11) is 0. The summed E-state index contributed by atoms with van der Waals surface area (Å²) in [6, 6.07) is 56.8. The first kappa shape index (κ1) is 97.3. The zero-order chi connectivity index (χ0) is 98.1. The van der Waals surface area contributed by atoms with Crippen molar-refractivity contribution in [3.8, 4) is 73.0 Å². The normalized spacial score (nSPS) is 16.6. The predicted molar refractivity (Wildman–Crippen MR) is 536 cm³/mol. The Morgan fingerprint density at radius 2 is 0.620 bits per heavy atom. The van der Waals surface area contributed by atoms with E-state index in [4.69, 9.17) is 36.8 Å². The van der Waals surface area contributed by atoms with Gasteiger partial charge in [0.1, 0.15) is 17.1 Å². The maximum Gasteiger partial charge on any atom is 0.635 e. The quantitative estimate of drug-likeness (QED) is 0.0265. The highest BCUT2D eigenvalue weighted by Gasteiger charge is 2.50. The van der Waals surface area contributed by atoms with Crippen molar-refractivity contribution in [2.75, 3.05) is 0 Å². The van der Waals surface area contributed by atoms with Crippen molar-refractivity contribution in [2.45, 2.75) is 148 Å². The molecule has 30 heteroatoms. The van der Waals surface area contributed by atoms with Crippen LogP contribution in [0.1, 0.15) is 246 Å². The van der Waals surface area contributed by atoms with Crippen LogP contribution < -0.4 is 0 Å². The smallest absolute Gasteiger partial charge is 0.289 e. The molecule has 0 amide bonds. The molecule has 0 aliphatic heterocycles. The number of hydrogen-bond donors (Lipinski definition) is 0. The van der Waals surface area contributed by atoms with Gasteiger partial charge >= 0.3 is 18.3 Å². The van der Waals surface area contributed by atoms with Gasteiger partial charge in [0, 0.05) is 165 Å². The van der Waals surface area contributed by atoms with Crippen molar-refractivity contribution in [1.29, 1.82) is 21.0 Å². The van der Waals surface area contributed by atoms with Crippen molar-refractivity contribution < 1.29 is 55.1 Å². The van der Waals surface area contributed by atoms with Crippen LogP contribution in [0.2, 0.25) is 0 Å². The third kappa shape index (κ3) is 18.4. The van der Waals surface area contributed by atoms with E-state index in [1.54, 1.807) is 177 Å². The summed E-state index contributed by atoms with van der Waals surface area (Å²) in [6.45, 7) is 42.2. The lowest BCUT2D eigenvalue weighted by Gasteiger charge is -2.34. The van der Waals surface area contributed by atoms with Gasteiger partial charge in [0.15, 0.2) is 34.7 Å². The number of carbonyl (C=O) groups is 6. The van der Waals surface area contributed by atoms with Gasteiger partial charge in [-0.1, -0.05) is 188 Å². The summed E-state index contributed by atoms with van der Waals surface area (Å²) < 4.78 is 62.1. The number of alkyl halides is 6. The Hall–Kier alpha value is -14.2. The number of thiophene rings is 8. The van der Waals surface area contributed by atoms with Gasteiger partial charge in [0.25, 0.3) is 16.4 Å². The lowest BCUT2D eigenvalue weighted by atomic mass is 9.68. The molecule has 0 saturated heterocycles. The van der Waals surface area contributed by atoms with Crippen LogP contribution in [0.4, 0.5) is 36.3 Å². The maximum atomic E-state index is 13.6. The largest absolute Gasteiger partial charge is 0.635 e. The molecule has 16 nitrogen and oxygen atoms in total. The Kier molecular flexibility index (Phi) is 28.1. The standard InChI is InChI=1S/C40H22N4O2S2.C34H22O4S2.C25H12N6S4.2C2H3F3.2C2H6/c1-43-32(20-41)34-24-10-4-6-12-26(24)36(45)28(34)16-22-18-30-38(47-22)39-31(40(30)14-8-3-9-15-40)19-23(48-39)17-29-35(33(21-42)44-2)25-11-5-7-13-27(25)37(29)46;35-28-20-8-2-3-9-21(20)29(36)24(28)14-18-16-26-32(39-18)33-27(34(26)12-6-1-7-13-34)17-19(40-33)15-25-30(37)22-10-4-5-11-23(22)31(25)38;1-25(2)14-9-18(16-5-7-20(32-16)30-13(11-26)12-27)34-22(14)23-15(25)10-19(35-23)17-6-8-21(33-17)31-24(28-3)29-4;2*1-2(3,4)5;2*1-2/h4-7,10-13,16-19H,3,8-9,14-15H2;2-5,8-11,14-17H,1,6-7,12-13H2;5-10H,1-2H3;2*1H3;2*1-2H3/b28-16-,29-17-,34-32+,35-33?;;;;;;. The third-order valence-corrected chi connectivity index (χ3v) is 33.6. The van der Waals surface area contributed by atoms with E-state index < -0.39 is 12.4 Å². The second-order valence-corrected chi connectivity index (χ2v) is 41.2. The number of guanidine groups is 1. The number of allylic oxidation sites excluding steroid dienone is 8. The molecule has 9 aliphatic carbocycles. The zero-order valence-electron chi connectivity index (χ0n) is 74.3. The molecule has 21 rings (SSSR count). The second-order valence-electron chi connectivity index (χ2n) is 32.6. The van der Waals surface area contributed by atoms with Crippen LogP contribution in [0.5, 0.6) is 0 Å². The highest BCUT2D eigenvalue weighted by molar-refractivity contribution is 7.30. The van der Waals surface area contributed by atoms with Gasteiger partial charge in [0.05, 0.1) is 36.4 Å². The van der Waals surface area contributed by atoms with E-state index in [2.05, 4.69) is 79.6 Å². The number of aliphatic imine (C=N–C) groups is 2. The topological polar surface area (TPSA) is 240 Å². The Morgan fingerprint density at radius 1 is 0.350 bits per heavy atom. The van der Waals surface area contributed by atoms with Crippen LogP contribution in [-0.2, 0) is 16.2 Å². The molecule has 4 aromatic carbocycles. The predicted octanol–water partition coefficient (Wildman–Crippen LogP) is 31.6. The Bertz CT molecular complexity index is 7170. The number of carbonyl (C=O) groups excluding carboxylic acids is 6. The molecule has 2 saturated carbocycles. The average Bonchev–Trinajstić information content (AvgIpc) is 1.56. The van der Waals surface area contributed by atoms with Crippen molar-refractivity contribution in [3.05, 3.63) is 334 Å². The molecular formula is C107H74F6N10O6S8. The summed E-state index contributed by atoms with van der Waals surface area (Å²) in [5, 5.41) is 38.8. The molecule has 678 valence electrons. The molecule has 0 atom stereocenters. The Balaban J connectivity index is 0.000000147. The number of halogens is 6. The minimum absolute atomic E-state index is 0.0968. The van der Waals surface area contributed by atoms with Crippen LogP contribution in [0.3, 0.4) is 0 Å². The van der Waals surface area contributed by atoms with E-state index in [9.17, 15) is 65.6 Å². The van der Waals surface area contributed by atoms with Gasteiger partial charge in [-0.05, 0) is 162 Å². The number of rotatable bonds is 8. The first-order chi connectivity index (χ1) is 65.8. The summed E-state index contributed by atoms with van der Waals surface area (Å²) >= 11 is 12.9. The van der Waals surface area contributed by atoms with E-state index in [1.807, 2.05) is 88.4 Å². The molecule has 0 N–H and O–H groups in total. The molecule has 2 fully saturated rings. The minimum Gasteiger partial charge on any atom is -0.289 e. The van der Waals surface area contributed by atoms with Gasteiger partial charge < -0.3 is 0 Å². The van der Waals surface area contributed by atoms with E-state index in [-0.39, 0.29) is 99.0 Å². The summed E-state index contributed by atoms with van der Waals surface area (Å²) in [4.78, 5) is 116. The van der Waals surface area contributed by atoms with Crippen LogP contribution in [0, 0.1) is 71.6 Å². The van der Waals surface area contributed by atoms with Crippen molar-refractivity contribution >= 4 is 183 Å². The van der Waals surface area contributed by atoms with Gasteiger partial charge in [-0.2, -0.15) is 36.9 Å². The number of benzene rings is 4. The van der Waals surface area contributed by atoms with Gasteiger partial charge in [0.2, 0.25) is 5.71 Å². The van der Waals surface area contributed by atoms with Crippen molar-refractivity contribution in [3.63, 3.8) is 0 Å². The highest BCUT2D eigenvalue weighted by atomic mass is 32.1. The van der Waals surface area contributed by atoms with Gasteiger partial charge in [-0.25, -0.2) is 34.9 Å². The monoisotopic (exact) mass is 1960 g/mol. The molecule has 137 heavy (non-hydrogen) atoms. The van der Waals surface area contributed by atoms with E-state index in [0.29, 0.717) is 76.8 Å². The first-order valence-corrected chi connectivity index (χ1v) is 49.8. The lowest BCUT2D eigenvalue weighted by Crippen LogP contribution is -2.27. The SMILES string of the molecule is CC.CC.CC(F)(F)F.CC(F)(F)F.O=C1C(=Cc2cc3c(s2)-c2sc(C=C4C(=O)c5ccccc5C4=O)cc2C32CCCCC2)C(=O)c2ccccc21.[C-]#[N+]C(=Nc1ccc(-c2cc3c(s2)-c2sc(-c4ccc(N=C(C#N)C#N)s4)cc2C3(C)C)s1)[N+]#[C-].[C-]#[N+]C(C#N)=C1/C(=C/c2cc3c(s2)-c2sc(/C=C4\C(=O)c5ccccc5\C4=C(\C#N)[N+]#[C-])cc2C32CCCCC2)C(=O)c2ccccc21. The molecule has 9 aliphatic rings. The number of ketones is 6. The molecule has 0 radical (unpaired) electrons. The molecule has 0 unspecified atom stereocenters. The summed E-state index contributed by atoms with van der Waals surface area (Å²) in [5.74, 6) is -1.39. The van der Waals surface area contributed by atoms with E-state index in [0.717, 1.165) is 107 Å². The van der Waals surface area contributed by atoms with Crippen molar-refractivity contribution in [1.82, 2.24) is 0 Å². The first-order valence-electron chi connectivity index (χ1n) is 43.3. The zero-order valence-corrected chi connectivity index (χ0v) is 80.9. The minimum atomic E-state index is -4.00. The van der Waals surface area contributed by atoms with Crippen LogP contribution in [0.25, 0.3) is 104 Å². The number of nitrogens with zero attached hydrogens (tertiary/aromatic N) is 10. The summed E-state index contributed by atoms with van der Waals surface area (Å²) in [5.41, 5.74) is 13.0. The van der Waals surface area contributed by atoms with Crippen LogP contribution >= 0.6 is 90.7 Å². The average molecular weight is 1970 g/mol. The summed E-state index contributed by atoms with van der Waals surface area (Å²) in [6.07, 6.45) is 10.1. The van der Waals surface area contributed by atoms with Crippen LogP contribution in [0.15, 0.2) is 201 Å². The van der Waals surface area contributed by atoms with E-state index >= 15 is 0 Å². The fourth-order valence-corrected chi connectivity index (χ4v) is 28.4. The van der Waals surface area contributed by atoms with Crippen LogP contribution in [-0.4, -0.2) is 58.7 Å². The van der Waals surface area contributed by atoms with Gasteiger partial charge in [-0.15, -0.1) is 79.4 Å². The number of nitriles is 4. The highest BCUT2D eigenvalue weighted by Crippen LogP contribution is 2.65. The van der Waals surface area contributed by atoms with Gasteiger partial charge in [-0.3, -0.25) is 28.8 Å². The molecule has 12 aromatic rings.